The molecule has 0 bridgehead atoms. The summed E-state index contributed by atoms with van der Waals surface area (Å²) in [6.07, 6.45) is 1.52. The molecule has 1 amide bonds. The van der Waals surface area contributed by atoms with E-state index in [0.717, 1.165) is 23.8 Å². The fourth-order valence-electron chi connectivity index (χ4n) is 1.48. The van der Waals surface area contributed by atoms with Crippen molar-refractivity contribution in [2.75, 3.05) is 17.2 Å². The van der Waals surface area contributed by atoms with Gasteiger partial charge in [0.05, 0.1) is 6.20 Å². The highest BCUT2D eigenvalue weighted by Crippen LogP contribution is 2.14. The molecule has 2 aromatic rings. The van der Waals surface area contributed by atoms with Gasteiger partial charge in [-0.05, 0) is 26.0 Å². The molecule has 0 saturated carbocycles. The van der Waals surface area contributed by atoms with Gasteiger partial charge >= 0.3 is 0 Å². The van der Waals surface area contributed by atoms with Crippen LogP contribution in [-0.4, -0.2) is 27.0 Å². The molecule has 0 atom stereocenters. The third-order valence-electron chi connectivity index (χ3n) is 2.17. The van der Waals surface area contributed by atoms with E-state index in [4.69, 9.17) is 0 Å². The van der Waals surface area contributed by atoms with E-state index < -0.39 is 0 Å². The van der Waals surface area contributed by atoms with Gasteiger partial charge in [0.15, 0.2) is 0 Å². The van der Waals surface area contributed by atoms with Crippen LogP contribution in [0.3, 0.4) is 0 Å². The molecule has 18 heavy (non-hydrogen) atoms. The van der Waals surface area contributed by atoms with Crippen molar-refractivity contribution < 1.29 is 4.79 Å². The molecule has 0 aliphatic rings. The molecule has 2 aromatic heterocycles. The Morgan fingerprint density at radius 2 is 2.28 bits per heavy atom. The third-order valence-corrected chi connectivity index (χ3v) is 2.75. The number of rotatable bonds is 4. The number of aryl methyl sites for hydroxylation is 1. The Morgan fingerprint density at radius 3 is 2.94 bits per heavy atom. The number of pyridine rings is 1. The van der Waals surface area contributed by atoms with E-state index in [1.807, 2.05) is 13.8 Å². The van der Waals surface area contributed by atoms with Crippen LogP contribution in [0.25, 0.3) is 0 Å². The van der Waals surface area contributed by atoms with Crippen LogP contribution in [0.5, 0.6) is 0 Å². The van der Waals surface area contributed by atoms with Crippen molar-refractivity contribution >= 4 is 28.3 Å². The predicted molar refractivity (Wildman–Crippen MR) is 71.0 cm³/mol. The first-order valence-electron chi connectivity index (χ1n) is 5.50. The van der Waals surface area contributed by atoms with Crippen LogP contribution >= 0.6 is 11.5 Å². The molecular weight excluding hydrogens is 250 g/mol. The van der Waals surface area contributed by atoms with E-state index in [9.17, 15) is 4.79 Å². The Hall–Kier alpha value is -2.02. The zero-order valence-electron chi connectivity index (χ0n) is 10.1. The first-order valence-corrected chi connectivity index (χ1v) is 6.27. The Labute approximate surface area is 109 Å². The average molecular weight is 263 g/mol. The SMILES string of the molecule is CCNc1cc(C(=O)Nc2cnns2)cc(C)n1. The summed E-state index contributed by atoms with van der Waals surface area (Å²) in [5.41, 5.74) is 1.35. The van der Waals surface area contributed by atoms with Crippen molar-refractivity contribution in [2.45, 2.75) is 13.8 Å². The van der Waals surface area contributed by atoms with E-state index in [1.54, 1.807) is 12.1 Å². The zero-order valence-corrected chi connectivity index (χ0v) is 10.9. The summed E-state index contributed by atoms with van der Waals surface area (Å²) in [6.45, 7) is 4.59. The molecular formula is C11H13N5OS. The molecule has 7 heteroatoms. The lowest BCUT2D eigenvalue weighted by Crippen LogP contribution is -2.12. The van der Waals surface area contributed by atoms with Crippen LogP contribution in [-0.2, 0) is 0 Å². The molecule has 2 N–H and O–H groups in total. The van der Waals surface area contributed by atoms with Crippen molar-refractivity contribution in [2.24, 2.45) is 0 Å². The number of carbonyl (C=O) groups excluding carboxylic acids is 1. The van der Waals surface area contributed by atoms with Crippen LogP contribution in [0.4, 0.5) is 10.8 Å². The van der Waals surface area contributed by atoms with E-state index in [2.05, 4.69) is 25.2 Å². The van der Waals surface area contributed by atoms with Gasteiger partial charge < -0.3 is 10.6 Å². The number of nitrogens with zero attached hydrogens (tertiary/aromatic N) is 3. The molecule has 6 nitrogen and oxygen atoms in total. The minimum atomic E-state index is -0.189. The van der Waals surface area contributed by atoms with Gasteiger partial charge in [0.25, 0.3) is 5.91 Å². The second kappa shape index (κ2) is 5.54. The van der Waals surface area contributed by atoms with Gasteiger partial charge in [-0.15, -0.1) is 5.10 Å². The molecule has 0 radical (unpaired) electrons. The van der Waals surface area contributed by atoms with Gasteiger partial charge in [-0.25, -0.2) is 4.98 Å². The Balaban J connectivity index is 2.19. The van der Waals surface area contributed by atoms with Gasteiger partial charge in [-0.1, -0.05) is 4.49 Å². The first-order chi connectivity index (χ1) is 8.69. The third kappa shape index (κ3) is 3.01. The molecule has 0 fully saturated rings. The molecule has 0 unspecified atom stereocenters. The van der Waals surface area contributed by atoms with Crippen molar-refractivity contribution in [3.8, 4) is 0 Å². The number of hydrogen-bond donors (Lipinski definition) is 2. The second-order valence-corrected chi connectivity index (χ2v) is 4.43. The van der Waals surface area contributed by atoms with Crippen molar-refractivity contribution in [1.82, 2.24) is 14.6 Å². The zero-order chi connectivity index (χ0) is 13.0. The highest BCUT2D eigenvalue weighted by Gasteiger charge is 2.09. The topological polar surface area (TPSA) is 79.8 Å². The van der Waals surface area contributed by atoms with E-state index in [1.165, 1.54) is 6.20 Å². The number of hydrogen-bond acceptors (Lipinski definition) is 6. The summed E-state index contributed by atoms with van der Waals surface area (Å²) >= 11 is 1.14. The molecule has 94 valence electrons. The minimum absolute atomic E-state index is 0.189. The van der Waals surface area contributed by atoms with Crippen LogP contribution in [0.2, 0.25) is 0 Å². The number of nitrogens with one attached hydrogen (secondary N) is 2. The summed E-state index contributed by atoms with van der Waals surface area (Å²) in [5.74, 6) is 0.510. The minimum Gasteiger partial charge on any atom is -0.370 e. The van der Waals surface area contributed by atoms with Gasteiger partial charge in [-0.3, -0.25) is 4.79 Å². The van der Waals surface area contributed by atoms with Crippen LogP contribution in [0.1, 0.15) is 23.0 Å². The Morgan fingerprint density at radius 1 is 1.44 bits per heavy atom. The van der Waals surface area contributed by atoms with E-state index in [-0.39, 0.29) is 5.91 Å². The van der Waals surface area contributed by atoms with Gasteiger partial charge in [0.2, 0.25) is 0 Å². The summed E-state index contributed by atoms with van der Waals surface area (Å²) in [6, 6.07) is 3.46. The quantitative estimate of drug-likeness (QED) is 0.881. The number of aromatic nitrogens is 3. The summed E-state index contributed by atoms with van der Waals surface area (Å²) < 4.78 is 3.69. The van der Waals surface area contributed by atoms with Crippen LogP contribution < -0.4 is 10.6 Å². The normalized spacial score (nSPS) is 10.1. The van der Waals surface area contributed by atoms with Gasteiger partial charge in [-0.2, -0.15) is 0 Å². The first kappa shape index (κ1) is 12.4. The molecule has 2 heterocycles. The van der Waals surface area contributed by atoms with Gasteiger partial charge in [0, 0.05) is 29.3 Å². The standard InChI is InChI=1S/C11H13N5OS/c1-3-12-9-5-8(4-7(2)14-9)11(17)15-10-6-13-16-18-10/h4-6H,3H2,1-2H3,(H,12,14)(H,15,17). The molecule has 0 aliphatic heterocycles. The Bertz CT molecular complexity index is 540. The fraction of sp³-hybridized carbons (Fsp3) is 0.273. The van der Waals surface area contributed by atoms with Crippen molar-refractivity contribution in [3.05, 3.63) is 29.6 Å². The molecule has 0 aliphatic carbocycles. The summed E-state index contributed by atoms with van der Waals surface area (Å²) in [5, 5.41) is 10.1. The second-order valence-electron chi connectivity index (χ2n) is 3.65. The lowest BCUT2D eigenvalue weighted by molar-refractivity contribution is 0.102. The van der Waals surface area contributed by atoms with Crippen LogP contribution in [0, 0.1) is 6.92 Å². The highest BCUT2D eigenvalue weighted by molar-refractivity contribution is 7.10. The summed E-state index contributed by atoms with van der Waals surface area (Å²) in [4.78, 5) is 16.3. The summed E-state index contributed by atoms with van der Waals surface area (Å²) in [7, 11) is 0. The number of carbonyl (C=O) groups is 1. The number of amides is 1. The Kier molecular flexibility index (Phi) is 3.83. The maximum atomic E-state index is 12.0. The predicted octanol–water partition coefficient (Wildman–Crippen LogP) is 1.93. The maximum absolute atomic E-state index is 12.0. The molecule has 0 aromatic carbocycles. The van der Waals surface area contributed by atoms with E-state index >= 15 is 0 Å². The molecule has 2 rings (SSSR count). The maximum Gasteiger partial charge on any atom is 0.256 e. The molecule has 0 saturated heterocycles. The van der Waals surface area contributed by atoms with Crippen molar-refractivity contribution in [3.63, 3.8) is 0 Å². The van der Waals surface area contributed by atoms with Crippen LogP contribution in [0.15, 0.2) is 18.3 Å². The lowest BCUT2D eigenvalue weighted by atomic mass is 10.2. The largest absolute Gasteiger partial charge is 0.370 e. The number of anilines is 2. The lowest BCUT2D eigenvalue weighted by Gasteiger charge is -2.07. The highest BCUT2D eigenvalue weighted by atomic mass is 32.1. The van der Waals surface area contributed by atoms with Gasteiger partial charge in [0.1, 0.15) is 10.8 Å². The monoisotopic (exact) mass is 263 g/mol. The van der Waals surface area contributed by atoms with E-state index in [0.29, 0.717) is 16.4 Å². The fourth-order valence-corrected chi connectivity index (χ4v) is 1.89. The average Bonchev–Trinajstić information content (AvgIpc) is 2.81. The van der Waals surface area contributed by atoms with Crippen molar-refractivity contribution in [1.29, 1.82) is 0 Å². The smallest absolute Gasteiger partial charge is 0.256 e. The molecule has 0 spiro atoms.